The van der Waals surface area contributed by atoms with E-state index in [1.807, 2.05) is 68.4 Å². The van der Waals surface area contributed by atoms with Gasteiger partial charge in [0.25, 0.3) is 0 Å². The molecule has 1 atom stereocenters. The van der Waals surface area contributed by atoms with Crippen LogP contribution < -0.4 is 10.1 Å². The molecule has 0 unspecified atom stereocenters. The lowest BCUT2D eigenvalue weighted by Gasteiger charge is -2.47. The molecule has 27 heavy (non-hydrogen) atoms. The number of rotatable bonds is 8. The van der Waals surface area contributed by atoms with Crippen LogP contribution in [0.2, 0.25) is 0 Å². The molecular formula is C22H25NO4. The van der Waals surface area contributed by atoms with Crippen LogP contribution in [0.1, 0.15) is 37.8 Å². The normalized spacial score (nSPS) is 17.6. The van der Waals surface area contributed by atoms with Crippen LogP contribution >= 0.6 is 0 Å². The van der Waals surface area contributed by atoms with Crippen molar-refractivity contribution in [2.75, 3.05) is 0 Å². The minimum absolute atomic E-state index is 0.0252. The lowest BCUT2D eigenvalue weighted by Crippen LogP contribution is -2.69. The van der Waals surface area contributed by atoms with Crippen LogP contribution in [0.5, 0.6) is 5.75 Å². The summed E-state index contributed by atoms with van der Waals surface area (Å²) in [5.74, 6) is 0.312. The maximum absolute atomic E-state index is 12.3. The highest BCUT2D eigenvalue weighted by Gasteiger charge is 2.54. The molecule has 1 amide bonds. The smallest absolute Gasteiger partial charge is 0.310 e. The van der Waals surface area contributed by atoms with Crippen molar-refractivity contribution in [3.63, 3.8) is 0 Å². The Morgan fingerprint density at radius 2 is 1.70 bits per heavy atom. The molecule has 5 heteroatoms. The summed E-state index contributed by atoms with van der Waals surface area (Å²) in [6.45, 7) is 4.23. The topological polar surface area (TPSA) is 64.6 Å². The minimum atomic E-state index is -0.499. The predicted octanol–water partition coefficient (Wildman–Crippen LogP) is 3.61. The Kier molecular flexibility index (Phi) is 5.79. The van der Waals surface area contributed by atoms with Gasteiger partial charge in [0, 0.05) is 5.56 Å². The van der Waals surface area contributed by atoms with Crippen molar-refractivity contribution in [3.8, 4) is 5.75 Å². The lowest BCUT2D eigenvalue weighted by atomic mass is 9.73. The number of hydrogen-bond acceptors (Lipinski definition) is 4. The van der Waals surface area contributed by atoms with Crippen molar-refractivity contribution >= 4 is 11.9 Å². The Hall–Kier alpha value is -2.82. The maximum atomic E-state index is 12.3. The highest BCUT2D eigenvalue weighted by atomic mass is 16.5. The average molecular weight is 367 g/mol. The van der Waals surface area contributed by atoms with Crippen molar-refractivity contribution < 1.29 is 19.1 Å². The molecule has 1 fully saturated rings. The van der Waals surface area contributed by atoms with E-state index in [1.165, 1.54) is 0 Å². The Morgan fingerprint density at radius 1 is 1.04 bits per heavy atom. The van der Waals surface area contributed by atoms with E-state index < -0.39 is 5.41 Å². The number of carbonyl (C=O) groups excluding carboxylic acids is 2. The molecule has 1 aliphatic heterocycles. The molecule has 1 heterocycles. The summed E-state index contributed by atoms with van der Waals surface area (Å²) in [6, 6.07) is 17.0. The molecule has 2 aromatic carbocycles. The second-order valence-electron chi connectivity index (χ2n) is 6.77. The zero-order chi connectivity index (χ0) is 19.3. The van der Waals surface area contributed by atoms with Gasteiger partial charge in [0.1, 0.15) is 17.8 Å². The number of hydrogen-bond donors (Lipinski definition) is 1. The van der Waals surface area contributed by atoms with Crippen LogP contribution in [0.25, 0.3) is 0 Å². The number of nitrogens with one attached hydrogen (secondary N) is 1. The molecule has 0 spiro atoms. The van der Waals surface area contributed by atoms with Crippen LogP contribution in [-0.2, 0) is 27.4 Å². The first-order chi connectivity index (χ1) is 13.1. The number of para-hydroxylation sites is 1. The Morgan fingerprint density at radius 3 is 2.37 bits per heavy atom. The third-order valence-corrected chi connectivity index (χ3v) is 5.27. The lowest BCUT2D eigenvalue weighted by molar-refractivity contribution is -0.162. The molecule has 3 rings (SSSR count). The van der Waals surface area contributed by atoms with Gasteiger partial charge in [-0.15, -0.1) is 0 Å². The molecule has 2 aromatic rings. The Bertz CT molecular complexity index is 799. The van der Waals surface area contributed by atoms with E-state index >= 15 is 0 Å². The molecule has 0 saturated carbocycles. The Labute approximate surface area is 159 Å². The van der Waals surface area contributed by atoms with E-state index in [2.05, 4.69) is 5.32 Å². The molecule has 0 bridgehead atoms. The van der Waals surface area contributed by atoms with Gasteiger partial charge < -0.3 is 14.8 Å². The summed E-state index contributed by atoms with van der Waals surface area (Å²) in [5, 5.41) is 2.83. The van der Waals surface area contributed by atoms with Crippen molar-refractivity contribution in [2.24, 2.45) is 5.41 Å². The zero-order valence-corrected chi connectivity index (χ0v) is 15.7. The summed E-state index contributed by atoms with van der Waals surface area (Å²) < 4.78 is 11.4. The summed E-state index contributed by atoms with van der Waals surface area (Å²) >= 11 is 0. The summed E-state index contributed by atoms with van der Waals surface area (Å²) in [5.41, 5.74) is 1.20. The third kappa shape index (κ3) is 3.97. The fourth-order valence-corrected chi connectivity index (χ4v) is 3.36. The molecule has 1 saturated heterocycles. The fourth-order valence-electron chi connectivity index (χ4n) is 3.36. The van der Waals surface area contributed by atoms with E-state index in [0.29, 0.717) is 18.6 Å². The van der Waals surface area contributed by atoms with Gasteiger partial charge in [-0.2, -0.15) is 0 Å². The Balaban J connectivity index is 1.64. The van der Waals surface area contributed by atoms with Gasteiger partial charge in [-0.1, -0.05) is 62.4 Å². The van der Waals surface area contributed by atoms with Crippen molar-refractivity contribution in [1.82, 2.24) is 5.32 Å². The van der Waals surface area contributed by atoms with Gasteiger partial charge in [-0.25, -0.2) is 0 Å². The summed E-state index contributed by atoms with van der Waals surface area (Å²) in [6.07, 6.45) is 1.17. The van der Waals surface area contributed by atoms with Gasteiger partial charge in [0.15, 0.2) is 6.23 Å². The number of benzene rings is 2. The summed E-state index contributed by atoms with van der Waals surface area (Å²) in [4.78, 5) is 24.3. The van der Waals surface area contributed by atoms with E-state index in [4.69, 9.17) is 9.47 Å². The van der Waals surface area contributed by atoms with Gasteiger partial charge in [-0.05, 0) is 24.5 Å². The number of esters is 1. The van der Waals surface area contributed by atoms with Crippen LogP contribution in [0, 0.1) is 5.41 Å². The van der Waals surface area contributed by atoms with Gasteiger partial charge in [0.05, 0.1) is 6.42 Å². The average Bonchev–Trinajstić information content (AvgIpc) is 2.69. The standard InChI is InChI=1S/C22H25NO4/c1-3-22(4-2)20(25)23-21(22)27-18-13-9-8-12-17(18)14-19(24)26-15-16-10-6-5-7-11-16/h5-13,21H,3-4,14-15H2,1-2H3,(H,23,25)/t21-/m0/s1. The van der Waals surface area contributed by atoms with E-state index in [-0.39, 0.29) is 31.1 Å². The first kappa shape index (κ1) is 19.0. The number of amides is 1. The van der Waals surface area contributed by atoms with E-state index in [1.54, 1.807) is 0 Å². The molecule has 142 valence electrons. The molecule has 0 aromatic heterocycles. The van der Waals surface area contributed by atoms with Crippen molar-refractivity contribution in [1.29, 1.82) is 0 Å². The third-order valence-electron chi connectivity index (χ3n) is 5.27. The monoisotopic (exact) mass is 367 g/mol. The van der Waals surface area contributed by atoms with E-state index in [0.717, 1.165) is 11.1 Å². The number of ether oxygens (including phenoxy) is 2. The molecule has 0 radical (unpaired) electrons. The quantitative estimate of drug-likeness (QED) is 0.572. The fraction of sp³-hybridized carbons (Fsp3) is 0.364. The second kappa shape index (κ2) is 8.25. The molecule has 5 nitrogen and oxygen atoms in total. The second-order valence-corrected chi connectivity index (χ2v) is 6.77. The van der Waals surface area contributed by atoms with Crippen LogP contribution in [0.4, 0.5) is 0 Å². The predicted molar refractivity (Wildman–Crippen MR) is 102 cm³/mol. The van der Waals surface area contributed by atoms with Crippen LogP contribution in [0.3, 0.4) is 0 Å². The summed E-state index contributed by atoms with van der Waals surface area (Å²) in [7, 11) is 0. The highest BCUT2D eigenvalue weighted by molar-refractivity contribution is 5.89. The molecule has 0 aliphatic carbocycles. The van der Waals surface area contributed by atoms with Crippen molar-refractivity contribution in [3.05, 3.63) is 65.7 Å². The highest BCUT2D eigenvalue weighted by Crippen LogP contribution is 2.39. The van der Waals surface area contributed by atoms with Crippen LogP contribution in [0.15, 0.2) is 54.6 Å². The first-order valence-electron chi connectivity index (χ1n) is 9.34. The zero-order valence-electron chi connectivity index (χ0n) is 15.7. The van der Waals surface area contributed by atoms with Crippen LogP contribution in [-0.4, -0.2) is 18.1 Å². The number of β-lactam (4-membered cyclic amide) rings is 1. The van der Waals surface area contributed by atoms with Gasteiger partial charge in [0.2, 0.25) is 5.91 Å². The maximum Gasteiger partial charge on any atom is 0.310 e. The molecular weight excluding hydrogens is 342 g/mol. The SMILES string of the molecule is CCC1(CC)C(=O)N[C@H]1Oc1ccccc1CC(=O)OCc1ccccc1. The van der Waals surface area contributed by atoms with Gasteiger partial charge in [-0.3, -0.25) is 9.59 Å². The first-order valence-corrected chi connectivity index (χ1v) is 9.34. The molecule has 1 aliphatic rings. The van der Waals surface area contributed by atoms with E-state index in [9.17, 15) is 9.59 Å². The van der Waals surface area contributed by atoms with Gasteiger partial charge >= 0.3 is 5.97 Å². The van der Waals surface area contributed by atoms with Crippen molar-refractivity contribution in [2.45, 2.75) is 45.9 Å². The largest absolute Gasteiger partial charge is 0.469 e. The minimum Gasteiger partial charge on any atom is -0.469 e. The molecule has 1 N–H and O–H groups in total. The number of carbonyl (C=O) groups is 2.